The summed E-state index contributed by atoms with van der Waals surface area (Å²) in [5, 5.41) is 6.37. The number of benzene rings is 1. The van der Waals surface area contributed by atoms with Gasteiger partial charge in [-0.25, -0.2) is 0 Å². The number of ether oxygens (including phenoxy) is 2. The Hall–Kier alpha value is -1.27. The average Bonchev–Trinajstić information content (AvgIpc) is 2.69. The van der Waals surface area contributed by atoms with Gasteiger partial charge in [0.05, 0.1) is 13.2 Å². The summed E-state index contributed by atoms with van der Waals surface area (Å²) in [6, 6.07) is 5.23. The van der Waals surface area contributed by atoms with Gasteiger partial charge in [0.15, 0.2) is 12.6 Å². The molecule has 6 nitrogen and oxygen atoms in total. The van der Waals surface area contributed by atoms with E-state index in [9.17, 15) is 13.2 Å². The van der Waals surface area contributed by atoms with E-state index in [0.717, 1.165) is 57.8 Å². The Morgan fingerprint density at radius 3 is 2.60 bits per heavy atom. The van der Waals surface area contributed by atoms with Crippen molar-refractivity contribution in [2.75, 3.05) is 53.0 Å². The van der Waals surface area contributed by atoms with Gasteiger partial charge in [-0.05, 0) is 37.9 Å². The van der Waals surface area contributed by atoms with Crippen LogP contribution in [0.2, 0.25) is 0 Å². The van der Waals surface area contributed by atoms with Crippen molar-refractivity contribution in [2.45, 2.75) is 32.5 Å². The highest BCUT2D eigenvalue weighted by Gasteiger charge is 2.28. The van der Waals surface area contributed by atoms with Crippen molar-refractivity contribution in [2.24, 2.45) is 4.99 Å². The van der Waals surface area contributed by atoms with E-state index < -0.39 is 12.8 Å². The van der Waals surface area contributed by atoms with Crippen LogP contribution in [0.1, 0.15) is 24.0 Å². The average molecular weight is 544 g/mol. The number of guanidine groups is 1. The fourth-order valence-corrected chi connectivity index (χ4v) is 2.99. The first-order chi connectivity index (χ1) is 13.9. The zero-order valence-corrected chi connectivity index (χ0v) is 19.9. The number of morpholine rings is 1. The van der Waals surface area contributed by atoms with Crippen molar-refractivity contribution >= 4 is 29.9 Å². The van der Waals surface area contributed by atoms with E-state index in [2.05, 4.69) is 20.5 Å². The van der Waals surface area contributed by atoms with E-state index >= 15 is 0 Å². The van der Waals surface area contributed by atoms with Gasteiger partial charge in [-0.15, -0.1) is 24.0 Å². The van der Waals surface area contributed by atoms with Crippen molar-refractivity contribution in [1.82, 2.24) is 15.5 Å². The molecule has 1 heterocycles. The summed E-state index contributed by atoms with van der Waals surface area (Å²) in [5.74, 6) is 0.842. The number of nitrogens with zero attached hydrogens (tertiary/aromatic N) is 2. The van der Waals surface area contributed by atoms with Crippen molar-refractivity contribution in [1.29, 1.82) is 0 Å². The molecule has 0 atom stereocenters. The molecule has 0 aliphatic carbocycles. The van der Waals surface area contributed by atoms with E-state index in [0.29, 0.717) is 18.1 Å². The van der Waals surface area contributed by atoms with Gasteiger partial charge in [-0.3, -0.25) is 9.89 Å². The van der Waals surface area contributed by atoms with Crippen molar-refractivity contribution < 1.29 is 22.6 Å². The summed E-state index contributed by atoms with van der Waals surface area (Å²) in [5.41, 5.74) is 1.49. The van der Waals surface area contributed by atoms with Crippen LogP contribution in [0.15, 0.2) is 23.2 Å². The fourth-order valence-electron chi connectivity index (χ4n) is 2.99. The number of nitrogens with one attached hydrogen (secondary N) is 2. The molecule has 1 saturated heterocycles. The highest BCUT2D eigenvalue weighted by atomic mass is 127. The van der Waals surface area contributed by atoms with Gasteiger partial charge in [-0.1, -0.05) is 12.1 Å². The summed E-state index contributed by atoms with van der Waals surface area (Å²) in [6.07, 6.45) is -2.28. The van der Waals surface area contributed by atoms with Crippen LogP contribution in [0.3, 0.4) is 0 Å². The molecule has 2 rings (SSSR count). The second kappa shape index (κ2) is 13.9. The molecule has 0 amide bonds. The number of hydrogen-bond acceptors (Lipinski definition) is 4. The lowest BCUT2D eigenvalue weighted by Gasteiger charge is -2.26. The van der Waals surface area contributed by atoms with Gasteiger partial charge >= 0.3 is 6.18 Å². The van der Waals surface area contributed by atoms with Gasteiger partial charge in [0.2, 0.25) is 0 Å². The van der Waals surface area contributed by atoms with Gasteiger partial charge in [0, 0.05) is 38.8 Å². The Balaban J connectivity index is 0.00000450. The molecule has 0 bridgehead atoms. The highest BCUT2D eigenvalue weighted by Crippen LogP contribution is 2.23. The monoisotopic (exact) mass is 544 g/mol. The Morgan fingerprint density at radius 2 is 1.93 bits per heavy atom. The quantitative estimate of drug-likeness (QED) is 0.216. The Labute approximate surface area is 193 Å². The van der Waals surface area contributed by atoms with Crippen LogP contribution >= 0.6 is 24.0 Å². The predicted molar refractivity (Wildman–Crippen MR) is 123 cm³/mol. The summed E-state index contributed by atoms with van der Waals surface area (Å²) in [7, 11) is 1.67. The van der Waals surface area contributed by atoms with E-state index in [-0.39, 0.29) is 29.7 Å². The zero-order valence-electron chi connectivity index (χ0n) is 17.6. The number of halogens is 4. The number of aliphatic imine (C=N–C) groups is 1. The third-order valence-corrected chi connectivity index (χ3v) is 4.58. The fraction of sp³-hybridized carbons (Fsp3) is 0.650. The predicted octanol–water partition coefficient (Wildman–Crippen LogP) is 3.33. The lowest BCUT2D eigenvalue weighted by Crippen LogP contribution is -2.38. The van der Waals surface area contributed by atoms with Crippen LogP contribution in [0.4, 0.5) is 13.2 Å². The molecule has 0 spiro atoms. The van der Waals surface area contributed by atoms with E-state index in [1.54, 1.807) is 19.2 Å². The molecule has 0 unspecified atom stereocenters. The highest BCUT2D eigenvalue weighted by molar-refractivity contribution is 14.0. The molecule has 1 fully saturated rings. The van der Waals surface area contributed by atoms with E-state index in [4.69, 9.17) is 9.47 Å². The van der Waals surface area contributed by atoms with Crippen molar-refractivity contribution in [3.05, 3.63) is 29.3 Å². The Kier molecular flexibility index (Phi) is 12.4. The molecule has 30 heavy (non-hydrogen) atoms. The van der Waals surface area contributed by atoms with Crippen molar-refractivity contribution in [3.63, 3.8) is 0 Å². The van der Waals surface area contributed by atoms with Gasteiger partial charge < -0.3 is 20.1 Å². The van der Waals surface area contributed by atoms with Crippen LogP contribution in [-0.2, 0) is 11.3 Å². The van der Waals surface area contributed by atoms with Crippen molar-refractivity contribution in [3.8, 4) is 5.75 Å². The minimum Gasteiger partial charge on any atom is -0.484 e. The molecule has 1 aliphatic heterocycles. The normalized spacial score (nSPS) is 15.4. The Morgan fingerprint density at radius 1 is 1.20 bits per heavy atom. The standard InChI is InChI=1S/C20H31F3N4O2.HI/c1-16-5-6-17(18(13-16)29-15-20(21,22)23)14-26-19(24-2)25-7-3-4-8-27-9-11-28-12-10-27;/h5-6,13H,3-4,7-12,14-15H2,1-2H3,(H2,24,25,26);1H. The van der Waals surface area contributed by atoms with Crippen LogP contribution < -0.4 is 15.4 Å². The molecule has 1 aromatic carbocycles. The number of alkyl halides is 3. The largest absolute Gasteiger partial charge is 0.484 e. The smallest absolute Gasteiger partial charge is 0.422 e. The molecule has 10 heteroatoms. The topological polar surface area (TPSA) is 58.1 Å². The first-order valence-corrected chi connectivity index (χ1v) is 9.91. The molecule has 172 valence electrons. The van der Waals surface area contributed by atoms with E-state index in [1.165, 1.54) is 0 Å². The summed E-state index contributed by atoms with van der Waals surface area (Å²) < 4.78 is 47.8. The van der Waals surface area contributed by atoms with E-state index in [1.807, 2.05) is 13.0 Å². The van der Waals surface area contributed by atoms with Gasteiger partial charge in [0.1, 0.15) is 5.75 Å². The molecule has 2 N–H and O–H groups in total. The lowest BCUT2D eigenvalue weighted by atomic mass is 10.1. The van der Waals surface area contributed by atoms with Crippen LogP contribution in [0.5, 0.6) is 5.75 Å². The first-order valence-electron chi connectivity index (χ1n) is 9.91. The molecule has 0 radical (unpaired) electrons. The second-order valence-electron chi connectivity index (χ2n) is 7.03. The summed E-state index contributed by atoms with van der Waals surface area (Å²) in [6.45, 7) is 6.26. The van der Waals surface area contributed by atoms with Crippen LogP contribution in [-0.4, -0.2) is 70.1 Å². The minimum absolute atomic E-state index is 0. The second-order valence-corrected chi connectivity index (χ2v) is 7.03. The third kappa shape index (κ3) is 10.7. The number of unbranched alkanes of at least 4 members (excludes halogenated alkanes) is 1. The van der Waals surface area contributed by atoms with Crippen LogP contribution in [0, 0.1) is 6.92 Å². The maximum atomic E-state index is 12.5. The zero-order chi connectivity index (χ0) is 21.1. The molecule has 1 aliphatic rings. The maximum absolute atomic E-state index is 12.5. The van der Waals surface area contributed by atoms with Crippen LogP contribution in [0.25, 0.3) is 0 Å². The summed E-state index contributed by atoms with van der Waals surface area (Å²) in [4.78, 5) is 6.57. The molecule has 0 aromatic heterocycles. The number of rotatable bonds is 9. The van der Waals surface area contributed by atoms with Gasteiger partial charge in [-0.2, -0.15) is 13.2 Å². The molecule has 1 aromatic rings. The SMILES string of the molecule is CN=C(NCCCCN1CCOCC1)NCc1ccc(C)cc1OCC(F)(F)F.I. The Bertz CT molecular complexity index is 653. The third-order valence-electron chi connectivity index (χ3n) is 4.58. The maximum Gasteiger partial charge on any atom is 0.422 e. The lowest BCUT2D eigenvalue weighted by molar-refractivity contribution is -0.153. The number of hydrogen-bond donors (Lipinski definition) is 2. The molecular weight excluding hydrogens is 512 g/mol. The minimum atomic E-state index is -4.37. The summed E-state index contributed by atoms with van der Waals surface area (Å²) >= 11 is 0. The molecular formula is C20H32F3IN4O2. The molecule has 0 saturated carbocycles. The van der Waals surface area contributed by atoms with Gasteiger partial charge in [0.25, 0.3) is 0 Å². The first kappa shape index (κ1) is 26.8. The number of aryl methyl sites for hydroxylation is 1.